The molecule has 1 aromatic carbocycles. The zero-order valence-corrected chi connectivity index (χ0v) is 13.6. The largest absolute Gasteiger partial charge is 0.369 e. The Labute approximate surface area is 127 Å². The Morgan fingerprint density at radius 2 is 1.95 bits per heavy atom. The number of hydrogen-bond acceptors (Lipinski definition) is 4. The fourth-order valence-corrected chi connectivity index (χ4v) is 4.05. The summed E-state index contributed by atoms with van der Waals surface area (Å²) in [4.78, 5) is 6.75. The normalized spacial score (nSPS) is 30.0. The van der Waals surface area contributed by atoms with Crippen molar-refractivity contribution in [3.05, 3.63) is 29.8 Å². The molecule has 4 nitrogen and oxygen atoms in total. The molecule has 2 aliphatic rings. The van der Waals surface area contributed by atoms with Crippen molar-refractivity contribution in [3.63, 3.8) is 0 Å². The quantitative estimate of drug-likeness (QED) is 0.864. The first kappa shape index (κ1) is 14.4. The van der Waals surface area contributed by atoms with E-state index in [1.807, 2.05) is 0 Å². The van der Waals surface area contributed by atoms with E-state index in [4.69, 9.17) is 10.5 Å². The van der Waals surface area contributed by atoms with Crippen LogP contribution in [0.4, 0.5) is 5.69 Å². The lowest BCUT2D eigenvalue weighted by molar-refractivity contribution is -0.0764. The number of guanidine groups is 1. The number of rotatable bonds is 1. The summed E-state index contributed by atoms with van der Waals surface area (Å²) in [5, 5.41) is 0. The molecule has 114 valence electrons. The molecule has 0 radical (unpaired) electrons. The van der Waals surface area contributed by atoms with Gasteiger partial charge >= 0.3 is 0 Å². The third-order valence-corrected chi connectivity index (χ3v) is 4.79. The molecular weight excluding hydrogens is 262 g/mol. The van der Waals surface area contributed by atoms with Crippen molar-refractivity contribution in [2.24, 2.45) is 10.7 Å². The zero-order chi connectivity index (χ0) is 15.5. The predicted octanol–water partition coefficient (Wildman–Crippen LogP) is 2.85. The maximum Gasteiger partial charge on any atom is 0.196 e. The van der Waals surface area contributed by atoms with Gasteiger partial charge in [-0.1, -0.05) is 12.1 Å². The Hall–Kier alpha value is -1.55. The van der Waals surface area contributed by atoms with Crippen LogP contribution in [0, 0.1) is 6.92 Å². The summed E-state index contributed by atoms with van der Waals surface area (Å²) in [6.45, 7) is 11.4. The maximum atomic E-state index is 6.33. The highest BCUT2D eigenvalue weighted by Gasteiger charge is 2.62. The molecule has 1 saturated heterocycles. The molecule has 1 unspecified atom stereocenters. The number of hydrogen-bond donors (Lipinski definition) is 1. The number of benzene rings is 1. The van der Waals surface area contributed by atoms with E-state index in [1.54, 1.807) is 0 Å². The van der Waals surface area contributed by atoms with Gasteiger partial charge in [0.05, 0.1) is 23.3 Å². The van der Waals surface area contributed by atoms with Gasteiger partial charge in [-0.3, -0.25) is 4.99 Å². The van der Waals surface area contributed by atoms with Crippen LogP contribution in [0.3, 0.4) is 0 Å². The molecule has 1 fully saturated rings. The van der Waals surface area contributed by atoms with Gasteiger partial charge in [0.15, 0.2) is 5.96 Å². The molecule has 4 heteroatoms. The van der Waals surface area contributed by atoms with Crippen LogP contribution >= 0.6 is 0 Å². The van der Waals surface area contributed by atoms with Crippen molar-refractivity contribution in [2.75, 3.05) is 11.4 Å². The van der Waals surface area contributed by atoms with Crippen LogP contribution in [0.2, 0.25) is 0 Å². The molecule has 2 heterocycles. The second-order valence-electron chi connectivity index (χ2n) is 7.43. The second kappa shape index (κ2) is 4.23. The van der Waals surface area contributed by atoms with Gasteiger partial charge in [0.1, 0.15) is 0 Å². The fraction of sp³-hybridized carbons (Fsp3) is 0.588. The van der Waals surface area contributed by atoms with E-state index in [0.717, 1.165) is 12.1 Å². The Kier molecular flexibility index (Phi) is 2.90. The van der Waals surface area contributed by atoms with Crippen molar-refractivity contribution in [2.45, 2.75) is 57.8 Å². The average Bonchev–Trinajstić information content (AvgIpc) is 2.74. The van der Waals surface area contributed by atoms with Crippen molar-refractivity contribution in [1.29, 1.82) is 0 Å². The summed E-state index contributed by atoms with van der Waals surface area (Å²) in [5.74, 6) is 0.593. The van der Waals surface area contributed by atoms with Crippen molar-refractivity contribution < 1.29 is 4.74 Å². The number of aliphatic imine (C=N–C) groups is 1. The molecule has 0 amide bonds. The number of nitrogens with two attached hydrogens (primary N) is 1. The first-order chi connectivity index (χ1) is 9.67. The molecule has 2 N–H and O–H groups in total. The highest BCUT2D eigenvalue weighted by molar-refractivity contribution is 5.98. The summed E-state index contributed by atoms with van der Waals surface area (Å²) in [7, 11) is 0. The lowest BCUT2D eigenvalue weighted by atomic mass is 9.78. The number of aryl methyl sites for hydroxylation is 1. The summed E-state index contributed by atoms with van der Waals surface area (Å²) < 4.78 is 6.33. The molecule has 0 aromatic heterocycles. The van der Waals surface area contributed by atoms with Gasteiger partial charge in [-0.2, -0.15) is 0 Å². The van der Waals surface area contributed by atoms with Crippen molar-refractivity contribution in [3.8, 4) is 0 Å². The van der Waals surface area contributed by atoms with E-state index in [2.05, 4.69) is 68.8 Å². The van der Waals surface area contributed by atoms with E-state index in [0.29, 0.717) is 12.5 Å². The summed E-state index contributed by atoms with van der Waals surface area (Å²) in [5.41, 5.74) is 7.86. The average molecular weight is 287 g/mol. The first-order valence-electron chi connectivity index (χ1n) is 7.54. The maximum absolute atomic E-state index is 6.33. The molecule has 2 aliphatic heterocycles. The Morgan fingerprint density at radius 1 is 1.24 bits per heavy atom. The van der Waals surface area contributed by atoms with Crippen LogP contribution in [0.5, 0.6) is 0 Å². The van der Waals surface area contributed by atoms with E-state index in [-0.39, 0.29) is 16.7 Å². The Bertz CT molecular complexity index is 606. The minimum atomic E-state index is -0.315. The van der Waals surface area contributed by atoms with Crippen LogP contribution in [-0.4, -0.2) is 29.2 Å². The zero-order valence-electron chi connectivity index (χ0n) is 13.6. The van der Waals surface area contributed by atoms with Gasteiger partial charge in [-0.15, -0.1) is 0 Å². The van der Waals surface area contributed by atoms with Gasteiger partial charge in [-0.05, 0) is 52.3 Å². The van der Waals surface area contributed by atoms with Gasteiger partial charge in [-0.25, -0.2) is 0 Å². The fourth-order valence-electron chi connectivity index (χ4n) is 4.05. The molecule has 1 atom stereocenters. The molecule has 1 aromatic rings. The summed E-state index contributed by atoms with van der Waals surface area (Å²) >= 11 is 0. The third kappa shape index (κ3) is 2.04. The van der Waals surface area contributed by atoms with E-state index in [1.165, 1.54) is 5.56 Å². The van der Waals surface area contributed by atoms with Crippen LogP contribution in [0.15, 0.2) is 29.3 Å². The van der Waals surface area contributed by atoms with Crippen LogP contribution in [0.25, 0.3) is 0 Å². The molecule has 0 aliphatic carbocycles. The van der Waals surface area contributed by atoms with Crippen LogP contribution in [-0.2, 0) is 4.74 Å². The second-order valence-corrected chi connectivity index (χ2v) is 7.43. The number of ether oxygens (including phenoxy) is 1. The lowest BCUT2D eigenvalue weighted by Gasteiger charge is -2.44. The smallest absolute Gasteiger partial charge is 0.196 e. The lowest BCUT2D eigenvalue weighted by Crippen LogP contribution is -2.61. The minimum Gasteiger partial charge on any atom is -0.369 e. The minimum absolute atomic E-state index is 0.175. The van der Waals surface area contributed by atoms with E-state index < -0.39 is 0 Å². The van der Waals surface area contributed by atoms with E-state index >= 15 is 0 Å². The molecule has 0 bridgehead atoms. The highest BCUT2D eigenvalue weighted by Crippen LogP contribution is 2.51. The monoisotopic (exact) mass is 287 g/mol. The van der Waals surface area contributed by atoms with Crippen molar-refractivity contribution >= 4 is 11.6 Å². The molecule has 21 heavy (non-hydrogen) atoms. The molecule has 1 spiro atoms. The van der Waals surface area contributed by atoms with Crippen LogP contribution < -0.4 is 10.6 Å². The highest BCUT2D eigenvalue weighted by atomic mass is 16.5. The van der Waals surface area contributed by atoms with E-state index in [9.17, 15) is 0 Å². The van der Waals surface area contributed by atoms with Crippen LogP contribution in [0.1, 0.15) is 39.7 Å². The SMILES string of the molecule is Cc1cccc(N2C(N)=NCC23CC(C)(C)OC3(C)C)c1. The van der Waals surface area contributed by atoms with Gasteiger partial charge < -0.3 is 15.4 Å². The molecular formula is C17H25N3O. The first-order valence-corrected chi connectivity index (χ1v) is 7.54. The Balaban J connectivity index is 2.11. The summed E-state index contributed by atoms with van der Waals surface area (Å²) in [6, 6.07) is 8.43. The summed E-state index contributed by atoms with van der Waals surface area (Å²) in [6.07, 6.45) is 0.908. The van der Waals surface area contributed by atoms with Crippen molar-refractivity contribution in [1.82, 2.24) is 0 Å². The van der Waals surface area contributed by atoms with Gasteiger partial charge in [0.25, 0.3) is 0 Å². The number of nitrogens with zero attached hydrogens (tertiary/aromatic N) is 2. The third-order valence-electron chi connectivity index (χ3n) is 4.79. The molecule has 0 saturated carbocycles. The van der Waals surface area contributed by atoms with Gasteiger partial charge in [0, 0.05) is 12.1 Å². The predicted molar refractivity (Wildman–Crippen MR) is 86.7 cm³/mol. The Morgan fingerprint density at radius 3 is 2.52 bits per heavy atom. The number of anilines is 1. The molecule has 3 rings (SSSR count). The van der Waals surface area contributed by atoms with Gasteiger partial charge in [0.2, 0.25) is 0 Å². The standard InChI is InChI=1S/C17H25N3O/c1-12-7-6-8-13(9-12)20-14(18)19-11-17(20)10-15(2,3)21-16(17,4)5/h6-9H,10-11H2,1-5H3,(H2,18,19). The topological polar surface area (TPSA) is 50.8 Å².